The largest absolute Gasteiger partial charge is 0.513 e. The Balaban J connectivity index is 1.33. The van der Waals surface area contributed by atoms with Crippen molar-refractivity contribution in [3.8, 4) is 0 Å². The molecule has 0 saturated carbocycles. The zero-order chi connectivity index (χ0) is 22.1. The number of amides is 2. The van der Waals surface area contributed by atoms with Crippen molar-refractivity contribution in [2.45, 2.75) is 25.7 Å². The fourth-order valence-electron chi connectivity index (χ4n) is 3.68. The molecule has 1 aromatic rings. The first-order valence-corrected chi connectivity index (χ1v) is 10.8. The maximum atomic E-state index is 12.4. The van der Waals surface area contributed by atoms with Gasteiger partial charge in [0.15, 0.2) is 0 Å². The molecule has 2 amide bonds. The van der Waals surface area contributed by atoms with Gasteiger partial charge in [0, 0.05) is 51.3 Å². The number of piperazine rings is 1. The van der Waals surface area contributed by atoms with Crippen LogP contribution in [0.2, 0.25) is 0 Å². The quantitative estimate of drug-likeness (QED) is 0.625. The number of carbonyl (C=O) groups is 2. The lowest BCUT2D eigenvalue weighted by Crippen LogP contribution is -2.49. The third-order valence-corrected chi connectivity index (χ3v) is 5.39. The van der Waals surface area contributed by atoms with Crippen molar-refractivity contribution in [1.82, 2.24) is 10.2 Å². The third-order valence-electron chi connectivity index (χ3n) is 5.39. The third kappa shape index (κ3) is 7.20. The van der Waals surface area contributed by atoms with Crippen molar-refractivity contribution in [1.29, 1.82) is 0 Å². The van der Waals surface area contributed by atoms with E-state index in [1.807, 2.05) is 35.2 Å². The van der Waals surface area contributed by atoms with Gasteiger partial charge in [0.1, 0.15) is 6.61 Å². The summed E-state index contributed by atoms with van der Waals surface area (Å²) in [6.45, 7) is 6.87. The molecule has 0 spiro atoms. The molecule has 1 heterocycles. The first kappa shape index (κ1) is 22.5. The van der Waals surface area contributed by atoms with Crippen LogP contribution >= 0.6 is 0 Å². The van der Waals surface area contributed by atoms with Crippen molar-refractivity contribution >= 4 is 17.7 Å². The molecule has 0 aromatic heterocycles. The van der Waals surface area contributed by atoms with E-state index in [-0.39, 0.29) is 31.2 Å². The lowest BCUT2D eigenvalue weighted by molar-refractivity contribution is -0.131. The summed E-state index contributed by atoms with van der Waals surface area (Å²) in [5.74, 6) is 0.191. The van der Waals surface area contributed by atoms with Crippen molar-refractivity contribution in [3.63, 3.8) is 0 Å². The SMILES string of the molecule is C=C(O)Cc1ccc(N2CCN(C(=O)CCNC(=O)OCC3=CCCC=C3)CC2)cc1. The molecular weight excluding hydrogens is 394 g/mol. The second-order valence-corrected chi connectivity index (χ2v) is 7.79. The number of ether oxygens (including phenoxy) is 1. The molecule has 1 aliphatic heterocycles. The van der Waals surface area contributed by atoms with Crippen LogP contribution in [0, 0.1) is 0 Å². The summed E-state index contributed by atoms with van der Waals surface area (Å²) < 4.78 is 5.18. The molecule has 1 saturated heterocycles. The van der Waals surface area contributed by atoms with Crippen molar-refractivity contribution < 1.29 is 19.4 Å². The van der Waals surface area contributed by atoms with E-state index in [1.54, 1.807) is 0 Å². The molecule has 7 nitrogen and oxygen atoms in total. The van der Waals surface area contributed by atoms with Gasteiger partial charge < -0.3 is 25.0 Å². The number of alkyl carbamates (subject to hydrolysis) is 1. The van der Waals surface area contributed by atoms with Gasteiger partial charge >= 0.3 is 6.09 Å². The van der Waals surface area contributed by atoms with Crippen LogP contribution in [-0.4, -0.2) is 61.3 Å². The second-order valence-electron chi connectivity index (χ2n) is 7.79. The predicted octanol–water partition coefficient (Wildman–Crippen LogP) is 3.34. The maximum absolute atomic E-state index is 12.4. The zero-order valence-electron chi connectivity index (χ0n) is 17.9. The molecule has 31 heavy (non-hydrogen) atoms. The van der Waals surface area contributed by atoms with Gasteiger partial charge in [-0.2, -0.15) is 0 Å². The second kappa shape index (κ2) is 11.2. The first-order valence-electron chi connectivity index (χ1n) is 10.8. The summed E-state index contributed by atoms with van der Waals surface area (Å²) in [7, 11) is 0. The Hall–Kier alpha value is -3.22. The molecule has 1 aromatic carbocycles. The topological polar surface area (TPSA) is 82.1 Å². The molecular formula is C24H31N3O4. The molecule has 2 N–H and O–H groups in total. The van der Waals surface area contributed by atoms with Crippen LogP contribution < -0.4 is 10.2 Å². The summed E-state index contributed by atoms with van der Waals surface area (Å²) >= 11 is 0. The highest BCUT2D eigenvalue weighted by Gasteiger charge is 2.21. The summed E-state index contributed by atoms with van der Waals surface area (Å²) in [5.41, 5.74) is 3.12. The molecule has 3 rings (SSSR count). The fraction of sp³-hybridized carbons (Fsp3) is 0.417. The lowest BCUT2D eigenvalue weighted by atomic mass is 10.1. The van der Waals surface area contributed by atoms with E-state index in [0.717, 1.165) is 42.8 Å². The van der Waals surface area contributed by atoms with Crippen LogP contribution in [-0.2, 0) is 16.0 Å². The number of rotatable bonds is 8. The minimum atomic E-state index is -0.495. The maximum Gasteiger partial charge on any atom is 0.407 e. The van der Waals surface area contributed by atoms with E-state index in [9.17, 15) is 14.7 Å². The Labute approximate surface area is 183 Å². The Morgan fingerprint density at radius 2 is 1.84 bits per heavy atom. The van der Waals surface area contributed by atoms with E-state index in [2.05, 4.69) is 28.9 Å². The van der Waals surface area contributed by atoms with Gasteiger partial charge in [0.2, 0.25) is 5.91 Å². The van der Waals surface area contributed by atoms with E-state index in [1.165, 1.54) is 0 Å². The van der Waals surface area contributed by atoms with Crippen LogP contribution in [0.4, 0.5) is 10.5 Å². The first-order chi connectivity index (χ1) is 15.0. The Morgan fingerprint density at radius 3 is 2.48 bits per heavy atom. The summed E-state index contributed by atoms with van der Waals surface area (Å²) in [5, 5.41) is 12.0. The number of allylic oxidation sites excluding steroid dienone is 3. The highest BCUT2D eigenvalue weighted by molar-refractivity contribution is 5.77. The van der Waals surface area contributed by atoms with E-state index < -0.39 is 6.09 Å². The number of aliphatic hydroxyl groups excluding tert-OH is 1. The summed E-state index contributed by atoms with van der Waals surface area (Å²) in [6.07, 6.45) is 8.33. The van der Waals surface area contributed by atoms with Crippen molar-refractivity contribution in [3.05, 3.63) is 66.0 Å². The average Bonchev–Trinajstić information content (AvgIpc) is 2.78. The lowest BCUT2D eigenvalue weighted by Gasteiger charge is -2.36. The highest BCUT2D eigenvalue weighted by atomic mass is 16.5. The Kier molecular flexibility index (Phi) is 8.15. The van der Waals surface area contributed by atoms with Crippen LogP contribution in [0.3, 0.4) is 0 Å². The molecule has 1 fully saturated rings. The Morgan fingerprint density at radius 1 is 1.10 bits per heavy atom. The minimum Gasteiger partial charge on any atom is -0.513 e. The number of hydrogen-bond acceptors (Lipinski definition) is 5. The summed E-state index contributed by atoms with van der Waals surface area (Å²) in [4.78, 5) is 28.3. The van der Waals surface area contributed by atoms with Crippen LogP contribution in [0.1, 0.15) is 24.8 Å². The normalized spacial score (nSPS) is 15.9. The highest BCUT2D eigenvalue weighted by Crippen LogP contribution is 2.18. The predicted molar refractivity (Wildman–Crippen MR) is 121 cm³/mol. The standard InChI is InChI=1S/C24H31N3O4/c1-19(28)17-20-7-9-22(10-8-20)26-13-15-27(16-14-26)23(29)11-12-25-24(30)31-18-21-5-3-2-4-6-21/h3,5-10,28H,1-2,4,11-18H2,(H,25,30). The minimum absolute atomic E-state index is 0.0367. The van der Waals surface area contributed by atoms with E-state index in [0.29, 0.717) is 19.5 Å². The van der Waals surface area contributed by atoms with Crippen LogP contribution in [0.15, 0.2) is 60.4 Å². The molecule has 0 bridgehead atoms. The smallest absolute Gasteiger partial charge is 0.407 e. The molecule has 2 aliphatic rings. The van der Waals surface area contributed by atoms with Gasteiger partial charge in [-0.05, 0) is 36.1 Å². The van der Waals surface area contributed by atoms with E-state index >= 15 is 0 Å². The van der Waals surface area contributed by atoms with Gasteiger partial charge in [0.05, 0.1) is 5.76 Å². The van der Waals surface area contributed by atoms with Crippen LogP contribution in [0.5, 0.6) is 0 Å². The average molecular weight is 426 g/mol. The van der Waals surface area contributed by atoms with Gasteiger partial charge in [-0.1, -0.05) is 36.9 Å². The van der Waals surface area contributed by atoms with Gasteiger partial charge in [-0.3, -0.25) is 4.79 Å². The molecule has 0 radical (unpaired) electrons. The fourth-order valence-corrected chi connectivity index (χ4v) is 3.68. The molecule has 1 aliphatic carbocycles. The Bertz CT molecular complexity index is 837. The van der Waals surface area contributed by atoms with Crippen LogP contribution in [0.25, 0.3) is 0 Å². The molecule has 0 unspecified atom stereocenters. The zero-order valence-corrected chi connectivity index (χ0v) is 17.9. The number of nitrogens with one attached hydrogen (secondary N) is 1. The van der Waals surface area contributed by atoms with Gasteiger partial charge in [-0.15, -0.1) is 0 Å². The number of carbonyl (C=O) groups excluding carboxylic acids is 2. The van der Waals surface area contributed by atoms with E-state index in [4.69, 9.17) is 4.74 Å². The molecule has 166 valence electrons. The number of hydrogen-bond donors (Lipinski definition) is 2. The number of anilines is 1. The number of nitrogens with zero attached hydrogens (tertiary/aromatic N) is 2. The van der Waals surface area contributed by atoms with Crippen molar-refractivity contribution in [2.24, 2.45) is 0 Å². The van der Waals surface area contributed by atoms with Gasteiger partial charge in [0.25, 0.3) is 0 Å². The molecule has 0 atom stereocenters. The monoisotopic (exact) mass is 425 g/mol. The van der Waals surface area contributed by atoms with Gasteiger partial charge in [-0.25, -0.2) is 4.79 Å². The number of aliphatic hydroxyl groups is 1. The molecule has 7 heteroatoms. The number of benzene rings is 1. The van der Waals surface area contributed by atoms with Crippen molar-refractivity contribution in [2.75, 3.05) is 44.2 Å². The summed E-state index contributed by atoms with van der Waals surface area (Å²) in [6, 6.07) is 8.04.